The van der Waals surface area contributed by atoms with Crippen LogP contribution in [-0.2, 0) is 11.3 Å². The van der Waals surface area contributed by atoms with Crippen molar-refractivity contribution in [3.8, 4) is 5.75 Å². The average molecular weight is 503 g/mol. The van der Waals surface area contributed by atoms with Gasteiger partial charge in [-0.3, -0.25) is 9.59 Å². The van der Waals surface area contributed by atoms with E-state index >= 15 is 0 Å². The summed E-state index contributed by atoms with van der Waals surface area (Å²) >= 11 is 0. The van der Waals surface area contributed by atoms with Gasteiger partial charge in [0, 0.05) is 30.5 Å². The predicted molar refractivity (Wildman–Crippen MR) is 146 cm³/mol. The number of rotatable bonds is 10. The monoisotopic (exact) mass is 502 g/mol. The smallest absolute Gasteiger partial charge is 0.268 e. The molecule has 1 saturated carbocycles. The lowest BCUT2D eigenvalue weighted by Crippen LogP contribution is -2.46. The standard InChI is InChI=1S/C30H38N4O3/c1-20-25-5-3-4-6-26(25)32-28(20)30(36)33-27(14-11-21-7-8-21)29(35)31-19-22-9-12-23(13-10-22)37-24-15-17-34(2)18-16-24/h3-6,9-10,12-13,21,24,27,32H,7-8,11,14-19H2,1-2H3,(H,31,35)(H,33,36). The summed E-state index contributed by atoms with van der Waals surface area (Å²) in [4.78, 5) is 31.9. The molecule has 1 aliphatic heterocycles. The summed E-state index contributed by atoms with van der Waals surface area (Å²) in [5, 5.41) is 7.07. The summed E-state index contributed by atoms with van der Waals surface area (Å²) in [5.41, 5.74) is 3.35. The van der Waals surface area contributed by atoms with Gasteiger partial charge in [0.2, 0.25) is 5.91 Å². The number of piperidine rings is 1. The molecule has 0 spiro atoms. The van der Waals surface area contributed by atoms with E-state index in [0.29, 0.717) is 24.6 Å². The molecule has 1 saturated heterocycles. The fourth-order valence-electron chi connectivity index (χ4n) is 5.11. The second-order valence-electron chi connectivity index (χ2n) is 10.7. The van der Waals surface area contributed by atoms with Crippen molar-refractivity contribution in [1.29, 1.82) is 0 Å². The number of fused-ring (bicyclic) bond motifs is 1. The number of nitrogens with one attached hydrogen (secondary N) is 3. The van der Waals surface area contributed by atoms with Crippen molar-refractivity contribution in [2.75, 3.05) is 20.1 Å². The van der Waals surface area contributed by atoms with Crippen molar-refractivity contribution in [1.82, 2.24) is 20.5 Å². The van der Waals surface area contributed by atoms with E-state index in [4.69, 9.17) is 4.74 Å². The van der Waals surface area contributed by atoms with E-state index in [9.17, 15) is 9.59 Å². The number of aromatic amines is 1. The lowest BCUT2D eigenvalue weighted by Gasteiger charge is -2.29. The van der Waals surface area contributed by atoms with Gasteiger partial charge in [0.1, 0.15) is 23.6 Å². The molecule has 3 N–H and O–H groups in total. The van der Waals surface area contributed by atoms with E-state index in [1.54, 1.807) is 0 Å². The Hall–Kier alpha value is -3.32. The molecular weight excluding hydrogens is 464 g/mol. The number of hydrogen-bond acceptors (Lipinski definition) is 4. The van der Waals surface area contributed by atoms with E-state index in [2.05, 4.69) is 27.6 Å². The molecule has 0 radical (unpaired) electrons. The van der Waals surface area contributed by atoms with Crippen LogP contribution in [0.5, 0.6) is 5.75 Å². The number of ether oxygens (including phenoxy) is 1. The molecule has 1 atom stereocenters. The van der Waals surface area contributed by atoms with E-state index in [1.807, 2.05) is 55.5 Å². The lowest BCUT2D eigenvalue weighted by molar-refractivity contribution is -0.123. The normalized spacial score (nSPS) is 17.5. The van der Waals surface area contributed by atoms with Gasteiger partial charge in [-0.1, -0.05) is 43.2 Å². The third kappa shape index (κ3) is 6.52. The maximum Gasteiger partial charge on any atom is 0.268 e. The Kier molecular flexibility index (Phi) is 7.79. The van der Waals surface area contributed by atoms with Crippen molar-refractivity contribution in [2.24, 2.45) is 5.92 Å². The third-order valence-electron chi connectivity index (χ3n) is 7.73. The number of hydrogen-bond donors (Lipinski definition) is 3. The van der Waals surface area contributed by atoms with Crippen molar-refractivity contribution < 1.29 is 14.3 Å². The van der Waals surface area contributed by atoms with Crippen LogP contribution in [0.25, 0.3) is 10.9 Å². The van der Waals surface area contributed by atoms with Crippen LogP contribution in [0.4, 0.5) is 0 Å². The zero-order valence-electron chi connectivity index (χ0n) is 21.9. The minimum absolute atomic E-state index is 0.144. The lowest BCUT2D eigenvalue weighted by atomic mass is 10.1. The highest BCUT2D eigenvalue weighted by atomic mass is 16.5. The van der Waals surface area contributed by atoms with Crippen LogP contribution < -0.4 is 15.4 Å². The number of aryl methyl sites for hydroxylation is 1. The van der Waals surface area contributed by atoms with Crippen molar-refractivity contribution in [3.63, 3.8) is 0 Å². The first-order valence-corrected chi connectivity index (χ1v) is 13.6. The molecule has 2 heterocycles. The Balaban J connectivity index is 1.18. The van der Waals surface area contributed by atoms with Gasteiger partial charge in [-0.2, -0.15) is 0 Å². The zero-order valence-corrected chi connectivity index (χ0v) is 21.9. The van der Waals surface area contributed by atoms with Gasteiger partial charge in [0.25, 0.3) is 5.91 Å². The summed E-state index contributed by atoms with van der Waals surface area (Å²) in [6.45, 7) is 4.47. The third-order valence-corrected chi connectivity index (χ3v) is 7.73. The topological polar surface area (TPSA) is 86.5 Å². The number of H-pyrrole nitrogens is 1. The Morgan fingerprint density at radius 1 is 1.05 bits per heavy atom. The van der Waals surface area contributed by atoms with Crippen LogP contribution in [0.2, 0.25) is 0 Å². The van der Waals surface area contributed by atoms with Crippen molar-refractivity contribution >= 4 is 22.7 Å². The first-order chi connectivity index (χ1) is 18.0. The van der Waals surface area contributed by atoms with Crippen molar-refractivity contribution in [3.05, 3.63) is 65.4 Å². The van der Waals surface area contributed by atoms with Crippen LogP contribution in [-0.4, -0.2) is 54.0 Å². The minimum atomic E-state index is -0.564. The number of likely N-dealkylation sites (tertiary alicyclic amines) is 1. The Bertz CT molecular complexity index is 1220. The molecule has 5 rings (SSSR count). The van der Waals surface area contributed by atoms with E-state index in [1.165, 1.54) is 12.8 Å². The Morgan fingerprint density at radius 2 is 1.78 bits per heavy atom. The highest BCUT2D eigenvalue weighted by Gasteiger charge is 2.28. The van der Waals surface area contributed by atoms with Crippen LogP contribution >= 0.6 is 0 Å². The van der Waals surface area contributed by atoms with Gasteiger partial charge in [-0.25, -0.2) is 0 Å². The first-order valence-electron chi connectivity index (χ1n) is 13.6. The number of para-hydroxylation sites is 1. The Morgan fingerprint density at radius 3 is 2.49 bits per heavy atom. The van der Waals surface area contributed by atoms with Gasteiger partial charge in [0.05, 0.1) is 0 Å². The number of carbonyl (C=O) groups is 2. The molecule has 3 aromatic rings. The molecule has 37 heavy (non-hydrogen) atoms. The molecule has 0 bridgehead atoms. The maximum absolute atomic E-state index is 13.2. The van der Waals surface area contributed by atoms with E-state index < -0.39 is 6.04 Å². The molecule has 7 nitrogen and oxygen atoms in total. The van der Waals surface area contributed by atoms with Gasteiger partial charge in [-0.05, 0) is 74.9 Å². The van der Waals surface area contributed by atoms with Crippen molar-refractivity contribution in [2.45, 2.75) is 64.1 Å². The molecule has 196 valence electrons. The molecule has 1 unspecified atom stereocenters. The summed E-state index contributed by atoms with van der Waals surface area (Å²) in [6.07, 6.45) is 6.38. The van der Waals surface area contributed by atoms with Gasteiger partial charge < -0.3 is 25.3 Å². The molecular formula is C30H38N4O3. The molecule has 2 aliphatic rings. The highest BCUT2D eigenvalue weighted by Crippen LogP contribution is 2.34. The molecule has 2 amide bonds. The number of nitrogens with zero attached hydrogens (tertiary/aromatic N) is 1. The molecule has 1 aromatic heterocycles. The molecule has 2 aromatic carbocycles. The second kappa shape index (κ2) is 11.4. The van der Waals surface area contributed by atoms with Gasteiger partial charge >= 0.3 is 0 Å². The maximum atomic E-state index is 13.2. The Labute approximate surface area is 219 Å². The van der Waals surface area contributed by atoms with Gasteiger partial charge in [0.15, 0.2) is 0 Å². The van der Waals surface area contributed by atoms with E-state index in [0.717, 1.165) is 60.1 Å². The van der Waals surface area contributed by atoms with Crippen LogP contribution in [0.3, 0.4) is 0 Å². The summed E-state index contributed by atoms with van der Waals surface area (Å²) < 4.78 is 6.14. The van der Waals surface area contributed by atoms with Crippen LogP contribution in [0, 0.1) is 12.8 Å². The number of benzene rings is 2. The summed E-state index contributed by atoms with van der Waals surface area (Å²) in [5.74, 6) is 1.17. The highest BCUT2D eigenvalue weighted by molar-refractivity contribution is 6.02. The molecule has 1 aliphatic carbocycles. The fraction of sp³-hybridized carbons (Fsp3) is 0.467. The molecule has 7 heteroatoms. The number of amides is 2. The SMILES string of the molecule is Cc1c(C(=O)NC(CCC2CC2)C(=O)NCc2ccc(OC3CCN(C)CC3)cc2)[nH]c2ccccc12. The quantitative estimate of drug-likeness (QED) is 0.380. The largest absolute Gasteiger partial charge is 0.490 e. The fourth-order valence-corrected chi connectivity index (χ4v) is 5.11. The van der Waals surface area contributed by atoms with Gasteiger partial charge in [-0.15, -0.1) is 0 Å². The summed E-state index contributed by atoms with van der Waals surface area (Å²) in [6, 6.07) is 15.2. The molecule has 2 fully saturated rings. The average Bonchev–Trinajstić information content (AvgIpc) is 3.68. The zero-order chi connectivity index (χ0) is 25.8. The number of aromatic nitrogens is 1. The first kappa shape index (κ1) is 25.3. The van der Waals surface area contributed by atoms with Crippen LogP contribution in [0.15, 0.2) is 48.5 Å². The van der Waals surface area contributed by atoms with Crippen LogP contribution in [0.1, 0.15) is 60.1 Å². The van der Waals surface area contributed by atoms with E-state index in [-0.39, 0.29) is 17.9 Å². The second-order valence-corrected chi connectivity index (χ2v) is 10.7. The predicted octanol–water partition coefficient (Wildman–Crippen LogP) is 4.55. The number of carbonyl (C=O) groups excluding carboxylic acids is 2. The summed E-state index contributed by atoms with van der Waals surface area (Å²) in [7, 11) is 2.14. The minimum Gasteiger partial charge on any atom is -0.490 e.